The van der Waals surface area contributed by atoms with Crippen LogP contribution in [0.25, 0.3) is 10.8 Å². The second-order valence-corrected chi connectivity index (χ2v) is 6.90. The van der Waals surface area contributed by atoms with Gasteiger partial charge >= 0.3 is 5.97 Å². The highest BCUT2D eigenvalue weighted by Crippen LogP contribution is 2.50. The summed E-state index contributed by atoms with van der Waals surface area (Å²) in [5.74, 6) is -0.679. The van der Waals surface area contributed by atoms with Gasteiger partial charge in [0.05, 0.1) is 0 Å². The number of rotatable bonds is 3. The van der Waals surface area contributed by atoms with Crippen LogP contribution in [-0.2, 0) is 9.59 Å². The predicted molar refractivity (Wildman–Crippen MR) is 91.8 cm³/mol. The minimum Gasteiger partial charge on any atom is -0.480 e. The van der Waals surface area contributed by atoms with Crippen LogP contribution in [0.2, 0.25) is 0 Å². The summed E-state index contributed by atoms with van der Waals surface area (Å²) >= 11 is 0. The van der Waals surface area contributed by atoms with E-state index in [1.807, 2.05) is 18.2 Å². The van der Waals surface area contributed by atoms with Gasteiger partial charge in [-0.2, -0.15) is 0 Å². The molecular weight excluding hydrogens is 302 g/mol. The molecule has 3 atom stereocenters. The van der Waals surface area contributed by atoms with Crippen molar-refractivity contribution in [3.63, 3.8) is 0 Å². The Hall–Kier alpha value is -2.36. The third-order valence-electron chi connectivity index (χ3n) is 5.40. The molecule has 0 bridgehead atoms. The number of carboxylic acid groups (broad SMARTS) is 1. The van der Waals surface area contributed by atoms with Gasteiger partial charge in [0.25, 0.3) is 0 Å². The Kier molecular flexibility index (Phi) is 3.75. The molecule has 4 rings (SSSR count). The van der Waals surface area contributed by atoms with Crippen LogP contribution in [0.3, 0.4) is 0 Å². The topological polar surface area (TPSA) is 57.6 Å². The monoisotopic (exact) mass is 323 g/mol. The lowest BCUT2D eigenvalue weighted by molar-refractivity contribution is -0.152. The van der Waals surface area contributed by atoms with E-state index < -0.39 is 12.0 Å². The van der Waals surface area contributed by atoms with E-state index in [1.165, 1.54) is 16.3 Å². The minimum absolute atomic E-state index is 0.0278. The van der Waals surface area contributed by atoms with E-state index in [9.17, 15) is 14.7 Å². The number of piperidine rings is 1. The van der Waals surface area contributed by atoms with Crippen molar-refractivity contribution in [2.45, 2.75) is 37.6 Å². The number of carbonyl (C=O) groups excluding carboxylic acids is 1. The van der Waals surface area contributed by atoms with Crippen LogP contribution < -0.4 is 0 Å². The third-order valence-corrected chi connectivity index (χ3v) is 5.40. The molecule has 1 amide bonds. The molecule has 2 aliphatic rings. The summed E-state index contributed by atoms with van der Waals surface area (Å²) in [5, 5.41) is 11.8. The molecule has 1 saturated heterocycles. The van der Waals surface area contributed by atoms with Gasteiger partial charge in [0.15, 0.2) is 0 Å². The van der Waals surface area contributed by atoms with Crippen molar-refractivity contribution in [2.24, 2.45) is 5.92 Å². The van der Waals surface area contributed by atoms with Gasteiger partial charge in [0.2, 0.25) is 5.91 Å². The number of hydrogen-bond acceptors (Lipinski definition) is 2. The van der Waals surface area contributed by atoms with Gasteiger partial charge in [-0.3, -0.25) is 4.79 Å². The lowest BCUT2D eigenvalue weighted by Gasteiger charge is -2.33. The van der Waals surface area contributed by atoms with E-state index in [-0.39, 0.29) is 17.7 Å². The molecule has 3 unspecified atom stereocenters. The van der Waals surface area contributed by atoms with Gasteiger partial charge in [-0.25, -0.2) is 4.79 Å². The minimum atomic E-state index is -0.870. The SMILES string of the molecule is O=C(O)C1CCCCN1C(=O)C1CC1c1cccc2ccccc12. The highest BCUT2D eigenvalue weighted by atomic mass is 16.4. The number of aliphatic carboxylic acids is 1. The van der Waals surface area contributed by atoms with Crippen LogP contribution in [0.15, 0.2) is 42.5 Å². The summed E-state index contributed by atoms with van der Waals surface area (Å²) in [7, 11) is 0. The molecule has 24 heavy (non-hydrogen) atoms. The number of benzene rings is 2. The fraction of sp³-hybridized carbons (Fsp3) is 0.400. The van der Waals surface area contributed by atoms with Crippen molar-refractivity contribution in [2.75, 3.05) is 6.54 Å². The second kappa shape index (κ2) is 5.93. The molecule has 2 fully saturated rings. The first-order valence-electron chi connectivity index (χ1n) is 8.68. The van der Waals surface area contributed by atoms with Crippen LogP contribution in [0.1, 0.15) is 37.2 Å². The van der Waals surface area contributed by atoms with Crippen LogP contribution in [-0.4, -0.2) is 34.5 Å². The van der Waals surface area contributed by atoms with Crippen molar-refractivity contribution in [3.8, 4) is 0 Å². The zero-order valence-electron chi connectivity index (χ0n) is 13.5. The maximum Gasteiger partial charge on any atom is 0.326 e. The van der Waals surface area contributed by atoms with Crippen molar-refractivity contribution in [1.29, 1.82) is 0 Å². The molecule has 1 N–H and O–H groups in total. The van der Waals surface area contributed by atoms with Crippen molar-refractivity contribution in [1.82, 2.24) is 4.90 Å². The summed E-state index contributed by atoms with van der Waals surface area (Å²) in [6.07, 6.45) is 3.20. The molecule has 4 nitrogen and oxygen atoms in total. The zero-order valence-corrected chi connectivity index (χ0v) is 13.5. The van der Waals surface area contributed by atoms with Crippen molar-refractivity contribution < 1.29 is 14.7 Å². The quantitative estimate of drug-likeness (QED) is 0.942. The first-order valence-corrected chi connectivity index (χ1v) is 8.68. The van der Waals surface area contributed by atoms with E-state index in [1.54, 1.807) is 4.90 Å². The Morgan fingerprint density at radius 2 is 1.83 bits per heavy atom. The first kappa shape index (κ1) is 15.2. The van der Waals surface area contributed by atoms with E-state index in [0.29, 0.717) is 13.0 Å². The molecule has 124 valence electrons. The normalized spacial score (nSPS) is 26.3. The van der Waals surface area contributed by atoms with E-state index in [2.05, 4.69) is 24.3 Å². The molecule has 4 heteroatoms. The van der Waals surface area contributed by atoms with E-state index in [4.69, 9.17) is 0 Å². The average Bonchev–Trinajstić information content (AvgIpc) is 3.41. The third kappa shape index (κ3) is 2.56. The molecule has 2 aromatic rings. The summed E-state index contributed by atoms with van der Waals surface area (Å²) in [5.41, 5.74) is 1.22. The maximum atomic E-state index is 12.9. The highest BCUT2D eigenvalue weighted by Gasteiger charge is 2.48. The van der Waals surface area contributed by atoms with E-state index in [0.717, 1.165) is 19.3 Å². The molecule has 1 heterocycles. The fourth-order valence-corrected chi connectivity index (χ4v) is 4.05. The number of likely N-dealkylation sites (tertiary alicyclic amines) is 1. The van der Waals surface area contributed by atoms with Gasteiger partial charge in [-0.05, 0) is 47.9 Å². The largest absolute Gasteiger partial charge is 0.480 e. The Labute approximate surface area is 141 Å². The molecule has 2 aromatic carbocycles. The molecular formula is C20H21NO3. The smallest absolute Gasteiger partial charge is 0.326 e. The van der Waals surface area contributed by atoms with Crippen LogP contribution in [0, 0.1) is 5.92 Å². The Morgan fingerprint density at radius 3 is 2.67 bits per heavy atom. The first-order chi connectivity index (χ1) is 11.7. The fourth-order valence-electron chi connectivity index (χ4n) is 4.05. The lowest BCUT2D eigenvalue weighted by atomic mass is 9.98. The maximum absolute atomic E-state index is 12.9. The number of fused-ring (bicyclic) bond motifs is 1. The van der Waals surface area contributed by atoms with Crippen LogP contribution in [0.5, 0.6) is 0 Å². The number of carboxylic acids is 1. The summed E-state index contributed by atoms with van der Waals surface area (Å²) in [4.78, 5) is 25.9. The summed E-state index contributed by atoms with van der Waals surface area (Å²) < 4.78 is 0. The lowest BCUT2D eigenvalue weighted by Crippen LogP contribution is -2.48. The predicted octanol–water partition coefficient (Wildman–Crippen LogP) is 3.41. The zero-order chi connectivity index (χ0) is 16.7. The molecule has 0 radical (unpaired) electrons. The second-order valence-electron chi connectivity index (χ2n) is 6.90. The highest BCUT2D eigenvalue weighted by molar-refractivity contribution is 5.91. The van der Waals surface area contributed by atoms with Gasteiger partial charge in [-0.15, -0.1) is 0 Å². The standard InChI is InChI=1S/C20H21NO3/c22-19(21-11-4-3-10-18(21)20(23)24)17-12-16(17)15-9-5-7-13-6-1-2-8-14(13)15/h1-2,5-9,16-18H,3-4,10-12H2,(H,23,24). The van der Waals surface area contributed by atoms with E-state index >= 15 is 0 Å². The van der Waals surface area contributed by atoms with Gasteiger partial charge in [0, 0.05) is 12.5 Å². The molecule has 0 aromatic heterocycles. The molecule has 1 saturated carbocycles. The number of carbonyl (C=O) groups is 2. The summed E-state index contributed by atoms with van der Waals surface area (Å²) in [6, 6.07) is 13.8. The molecule has 1 aliphatic heterocycles. The number of amides is 1. The van der Waals surface area contributed by atoms with Crippen molar-refractivity contribution in [3.05, 3.63) is 48.0 Å². The average molecular weight is 323 g/mol. The molecule has 0 spiro atoms. The van der Waals surface area contributed by atoms with Gasteiger partial charge < -0.3 is 10.0 Å². The van der Waals surface area contributed by atoms with Crippen LogP contribution >= 0.6 is 0 Å². The molecule has 1 aliphatic carbocycles. The van der Waals surface area contributed by atoms with Crippen LogP contribution in [0.4, 0.5) is 0 Å². The van der Waals surface area contributed by atoms with Gasteiger partial charge in [0.1, 0.15) is 6.04 Å². The number of nitrogens with zero attached hydrogens (tertiary/aromatic N) is 1. The Morgan fingerprint density at radius 1 is 1.04 bits per heavy atom. The van der Waals surface area contributed by atoms with Crippen molar-refractivity contribution >= 4 is 22.6 Å². The number of hydrogen-bond donors (Lipinski definition) is 1. The summed E-state index contributed by atoms with van der Waals surface area (Å²) in [6.45, 7) is 0.578. The van der Waals surface area contributed by atoms with Gasteiger partial charge in [-0.1, -0.05) is 42.5 Å². The Bertz CT molecular complexity index is 795. The Balaban J connectivity index is 1.57.